The van der Waals surface area contributed by atoms with Crippen molar-refractivity contribution in [2.24, 2.45) is 0 Å². The molecule has 2 heterocycles. The largest absolute Gasteiger partial charge is 0.382 e. The Morgan fingerprint density at radius 3 is 2.95 bits per heavy atom. The van der Waals surface area contributed by atoms with E-state index in [0.29, 0.717) is 24.5 Å². The molecule has 0 saturated carbocycles. The smallest absolute Gasteiger partial charge is 0.228 e. The summed E-state index contributed by atoms with van der Waals surface area (Å²) in [5.41, 5.74) is 7.41. The highest BCUT2D eigenvalue weighted by atomic mass is 79.9. The third-order valence-electron chi connectivity index (χ3n) is 2.97. The van der Waals surface area contributed by atoms with Crippen LogP contribution < -0.4 is 10.6 Å². The summed E-state index contributed by atoms with van der Waals surface area (Å²) >= 11 is 4.59. The van der Waals surface area contributed by atoms with E-state index in [1.165, 1.54) is 18.7 Å². The molecule has 1 aliphatic heterocycles. The fourth-order valence-corrected chi connectivity index (χ4v) is 3.34. The van der Waals surface area contributed by atoms with E-state index in [1.807, 2.05) is 6.92 Å². The molecule has 1 aromatic rings. The maximum Gasteiger partial charge on any atom is 0.228 e. The summed E-state index contributed by atoms with van der Waals surface area (Å²) in [6, 6.07) is 0. The maximum absolute atomic E-state index is 12.1. The molecule has 0 bridgehead atoms. The zero-order valence-corrected chi connectivity index (χ0v) is 13.0. The highest BCUT2D eigenvalue weighted by molar-refractivity contribution is 9.10. The number of hydrogen-bond donors (Lipinski definition) is 1. The van der Waals surface area contributed by atoms with Crippen LogP contribution in [0.1, 0.15) is 18.9 Å². The van der Waals surface area contributed by atoms with Crippen LogP contribution in [-0.4, -0.2) is 27.8 Å². The van der Waals surface area contributed by atoms with E-state index in [4.69, 9.17) is 5.73 Å². The molecular weight excluding hydrogens is 330 g/mol. The number of halogens is 1. The standard InChI is InChI=1S/C12H14BrN3O2S/c1-6-9(13)4-15-12(14)11(6)16-5-8(3-10(16)18)19-7(2)17/h4,8H,3,5H2,1-2H3,(H2,14,15). The second-order valence-corrected chi connectivity index (χ2v) is 6.74. The summed E-state index contributed by atoms with van der Waals surface area (Å²) < 4.78 is 0.812. The zero-order chi connectivity index (χ0) is 14.2. The van der Waals surface area contributed by atoms with Gasteiger partial charge in [0.1, 0.15) is 5.82 Å². The highest BCUT2D eigenvalue weighted by Gasteiger charge is 2.34. The van der Waals surface area contributed by atoms with E-state index >= 15 is 0 Å². The number of aromatic nitrogens is 1. The Kier molecular flexibility index (Phi) is 4.15. The number of amides is 1. The number of nitrogen functional groups attached to an aromatic ring is 1. The third kappa shape index (κ3) is 2.92. The molecule has 102 valence electrons. The fourth-order valence-electron chi connectivity index (χ4n) is 2.13. The van der Waals surface area contributed by atoms with Gasteiger partial charge in [0.15, 0.2) is 5.12 Å². The van der Waals surface area contributed by atoms with Crippen LogP contribution in [0.5, 0.6) is 0 Å². The maximum atomic E-state index is 12.1. The number of nitrogens with zero attached hydrogens (tertiary/aromatic N) is 2. The summed E-state index contributed by atoms with van der Waals surface area (Å²) in [7, 11) is 0. The van der Waals surface area contributed by atoms with Gasteiger partial charge < -0.3 is 10.6 Å². The Balaban J connectivity index is 2.31. The topological polar surface area (TPSA) is 76.3 Å². The van der Waals surface area contributed by atoms with Crippen molar-refractivity contribution < 1.29 is 9.59 Å². The second-order valence-electron chi connectivity index (χ2n) is 4.40. The first kappa shape index (κ1) is 14.3. The lowest BCUT2D eigenvalue weighted by molar-refractivity contribution is -0.117. The molecule has 0 aromatic carbocycles. The minimum atomic E-state index is -0.0200. The van der Waals surface area contributed by atoms with Crippen molar-refractivity contribution in [1.29, 1.82) is 0 Å². The van der Waals surface area contributed by atoms with Crippen molar-refractivity contribution in [3.05, 3.63) is 16.2 Å². The summed E-state index contributed by atoms with van der Waals surface area (Å²) in [4.78, 5) is 28.9. The van der Waals surface area contributed by atoms with Crippen LogP contribution >= 0.6 is 27.7 Å². The average Bonchev–Trinajstić information content (AvgIpc) is 2.65. The van der Waals surface area contributed by atoms with Crippen LogP contribution in [0.15, 0.2) is 10.7 Å². The fraction of sp³-hybridized carbons (Fsp3) is 0.417. The first-order chi connectivity index (χ1) is 8.90. The molecule has 5 nitrogen and oxygen atoms in total. The van der Waals surface area contributed by atoms with E-state index < -0.39 is 0 Å². The number of carbonyl (C=O) groups is 2. The van der Waals surface area contributed by atoms with Crippen molar-refractivity contribution in [3.63, 3.8) is 0 Å². The zero-order valence-electron chi connectivity index (χ0n) is 10.6. The van der Waals surface area contributed by atoms with E-state index in [1.54, 1.807) is 11.1 Å². The third-order valence-corrected chi connectivity index (χ3v) is 4.75. The molecule has 0 radical (unpaired) electrons. The molecule has 2 rings (SSSR count). The van der Waals surface area contributed by atoms with Crippen LogP contribution in [0.4, 0.5) is 11.5 Å². The summed E-state index contributed by atoms with van der Waals surface area (Å²) in [6.45, 7) is 3.89. The number of pyridine rings is 1. The molecular formula is C12H14BrN3O2S. The Morgan fingerprint density at radius 2 is 2.32 bits per heavy atom. The van der Waals surface area contributed by atoms with Gasteiger partial charge in [-0.15, -0.1) is 0 Å². The Hall–Kier alpha value is -1.08. The van der Waals surface area contributed by atoms with Crippen molar-refractivity contribution in [3.8, 4) is 0 Å². The Morgan fingerprint density at radius 1 is 1.63 bits per heavy atom. The second kappa shape index (κ2) is 5.50. The Labute approximate surface area is 124 Å². The normalized spacial score (nSPS) is 19.0. The number of rotatable bonds is 2. The lowest BCUT2D eigenvalue weighted by atomic mass is 10.2. The van der Waals surface area contributed by atoms with E-state index in [-0.39, 0.29) is 16.3 Å². The van der Waals surface area contributed by atoms with Crippen molar-refractivity contribution in [1.82, 2.24) is 4.98 Å². The van der Waals surface area contributed by atoms with Crippen LogP contribution in [0, 0.1) is 6.92 Å². The van der Waals surface area contributed by atoms with Gasteiger partial charge in [0.2, 0.25) is 5.91 Å². The number of nitrogens with two attached hydrogens (primary N) is 1. The lowest BCUT2D eigenvalue weighted by Crippen LogP contribution is -2.27. The van der Waals surface area contributed by atoms with Crippen LogP contribution in [0.2, 0.25) is 0 Å². The van der Waals surface area contributed by atoms with Gasteiger partial charge in [-0.2, -0.15) is 0 Å². The summed E-state index contributed by atoms with van der Waals surface area (Å²) in [5.74, 6) is 0.316. The predicted molar refractivity (Wildman–Crippen MR) is 80.1 cm³/mol. The number of thioether (sulfide) groups is 1. The van der Waals surface area contributed by atoms with Crippen molar-refractivity contribution in [2.75, 3.05) is 17.2 Å². The highest BCUT2D eigenvalue weighted by Crippen LogP contribution is 2.36. The van der Waals surface area contributed by atoms with Gasteiger partial charge in [-0.3, -0.25) is 9.59 Å². The van der Waals surface area contributed by atoms with E-state index in [0.717, 1.165) is 10.0 Å². The number of hydrogen-bond acceptors (Lipinski definition) is 5. The summed E-state index contributed by atoms with van der Waals surface area (Å²) in [6.07, 6.45) is 1.98. The quantitative estimate of drug-likeness (QED) is 0.889. The van der Waals surface area contributed by atoms with Crippen LogP contribution in [-0.2, 0) is 9.59 Å². The molecule has 0 aliphatic carbocycles. The van der Waals surface area contributed by atoms with Gasteiger partial charge >= 0.3 is 0 Å². The molecule has 1 saturated heterocycles. The molecule has 19 heavy (non-hydrogen) atoms. The molecule has 7 heteroatoms. The predicted octanol–water partition coefficient (Wildman–Crippen LogP) is 2.12. The van der Waals surface area contributed by atoms with Crippen LogP contribution in [0.25, 0.3) is 0 Å². The molecule has 1 unspecified atom stereocenters. The number of anilines is 2. The lowest BCUT2D eigenvalue weighted by Gasteiger charge is -2.20. The first-order valence-corrected chi connectivity index (χ1v) is 7.45. The van der Waals surface area contributed by atoms with Gasteiger partial charge in [-0.05, 0) is 28.4 Å². The van der Waals surface area contributed by atoms with Gasteiger partial charge in [-0.25, -0.2) is 4.98 Å². The molecule has 1 fully saturated rings. The summed E-state index contributed by atoms with van der Waals surface area (Å²) in [5, 5.41) is 0.0134. The number of carbonyl (C=O) groups excluding carboxylic acids is 2. The molecule has 1 amide bonds. The molecule has 1 aromatic heterocycles. The van der Waals surface area contributed by atoms with Crippen molar-refractivity contribution >= 4 is 50.2 Å². The minimum absolute atomic E-state index is 0.0113. The molecule has 1 atom stereocenters. The minimum Gasteiger partial charge on any atom is -0.382 e. The van der Waals surface area contributed by atoms with E-state index in [2.05, 4.69) is 20.9 Å². The van der Waals surface area contributed by atoms with E-state index in [9.17, 15) is 9.59 Å². The Bertz CT molecular complexity index is 550. The molecule has 1 aliphatic rings. The molecule has 0 spiro atoms. The van der Waals surface area contributed by atoms with Crippen molar-refractivity contribution in [2.45, 2.75) is 25.5 Å². The van der Waals surface area contributed by atoms with Gasteiger partial charge in [-0.1, -0.05) is 11.8 Å². The average molecular weight is 344 g/mol. The monoisotopic (exact) mass is 343 g/mol. The van der Waals surface area contributed by atoms with Gasteiger partial charge in [0, 0.05) is 35.8 Å². The van der Waals surface area contributed by atoms with Crippen LogP contribution in [0.3, 0.4) is 0 Å². The molecule has 2 N–H and O–H groups in total. The first-order valence-electron chi connectivity index (χ1n) is 5.78. The van der Waals surface area contributed by atoms with Gasteiger partial charge in [0.05, 0.1) is 5.69 Å². The van der Waals surface area contributed by atoms with Gasteiger partial charge in [0.25, 0.3) is 0 Å². The SMILES string of the molecule is CC(=O)SC1CC(=O)N(c2c(N)ncc(Br)c2C)C1.